The lowest BCUT2D eigenvalue weighted by Gasteiger charge is -2.38. The van der Waals surface area contributed by atoms with Crippen molar-refractivity contribution in [3.8, 4) is 10.8 Å². The van der Waals surface area contributed by atoms with Crippen molar-refractivity contribution < 1.29 is 5.11 Å². The van der Waals surface area contributed by atoms with Crippen LogP contribution in [0.5, 0.6) is 5.75 Å². The first-order chi connectivity index (χ1) is 28.8. The van der Waals surface area contributed by atoms with Crippen LogP contribution < -0.4 is 4.90 Å². The summed E-state index contributed by atoms with van der Waals surface area (Å²) in [5, 5.41) is 20.4. The van der Waals surface area contributed by atoms with Crippen molar-refractivity contribution >= 4 is 22.7 Å². The maximum absolute atomic E-state index is 10.3. The number of nitrogens with zero attached hydrogens (tertiary/aromatic N) is 6. The minimum Gasteiger partial charge on any atom is -0.508 e. The van der Waals surface area contributed by atoms with Crippen LogP contribution in [0.4, 0.5) is 5.69 Å². The van der Waals surface area contributed by atoms with E-state index in [1.165, 1.54) is 105 Å². The molecule has 4 aliphatic rings. The van der Waals surface area contributed by atoms with Crippen LogP contribution in [-0.2, 0) is 6.42 Å². The van der Waals surface area contributed by atoms with E-state index < -0.39 is 0 Å². The number of piperidine rings is 2. The molecular weight excluding hydrogens is 745 g/mol. The maximum atomic E-state index is 10.3. The Morgan fingerprint density at radius 1 is 0.746 bits per heavy atom. The Balaban J connectivity index is 0.747. The van der Waals surface area contributed by atoms with Crippen LogP contribution >= 0.6 is 11.3 Å². The van der Waals surface area contributed by atoms with Gasteiger partial charge in [-0.1, -0.05) is 72.8 Å². The van der Waals surface area contributed by atoms with Gasteiger partial charge in [-0.05, 0) is 155 Å². The van der Waals surface area contributed by atoms with Crippen molar-refractivity contribution in [2.45, 2.75) is 90.0 Å². The minimum absolute atomic E-state index is 0.0706. The molecule has 2 saturated heterocycles. The lowest BCUT2D eigenvalue weighted by Crippen LogP contribution is -2.41. The monoisotopic (exact) mass is 800 g/mol. The smallest absolute Gasteiger partial charge is 0.162 e. The van der Waals surface area contributed by atoms with Gasteiger partial charge in [0.1, 0.15) is 22.6 Å². The minimum atomic E-state index is -0.0706. The Bertz CT molecular complexity index is 2470. The van der Waals surface area contributed by atoms with E-state index in [0.717, 1.165) is 49.2 Å². The number of thiophene rings is 1. The Morgan fingerprint density at radius 3 is 2.22 bits per heavy atom. The first-order valence-electron chi connectivity index (χ1n) is 21.9. The van der Waals surface area contributed by atoms with Crippen molar-refractivity contribution in [2.24, 2.45) is 10.9 Å². The lowest BCUT2D eigenvalue weighted by atomic mass is 9.69. The summed E-state index contributed by atoms with van der Waals surface area (Å²) >= 11 is 1.82. The van der Waals surface area contributed by atoms with Gasteiger partial charge in [-0.15, -0.1) is 21.5 Å². The van der Waals surface area contributed by atoms with Gasteiger partial charge in [0.15, 0.2) is 5.82 Å². The molecule has 0 radical (unpaired) electrons. The molecule has 4 aromatic carbocycles. The number of benzene rings is 4. The van der Waals surface area contributed by atoms with Crippen LogP contribution in [0, 0.1) is 26.7 Å². The Hall–Kier alpha value is -5.05. The van der Waals surface area contributed by atoms with E-state index in [2.05, 4.69) is 130 Å². The highest BCUT2D eigenvalue weighted by atomic mass is 32.1. The number of hydrogen-bond donors (Lipinski definition) is 1. The summed E-state index contributed by atoms with van der Waals surface area (Å²) in [7, 11) is 0. The molecule has 0 amide bonds. The number of rotatable bonds is 7. The van der Waals surface area contributed by atoms with Crippen LogP contribution in [0.15, 0.2) is 102 Å². The molecule has 7 nitrogen and oxygen atoms in total. The van der Waals surface area contributed by atoms with Crippen molar-refractivity contribution in [1.29, 1.82) is 0 Å². The van der Waals surface area contributed by atoms with Gasteiger partial charge in [-0.2, -0.15) is 0 Å². The molecule has 3 atom stereocenters. The Morgan fingerprint density at radius 2 is 1.47 bits per heavy atom. The summed E-state index contributed by atoms with van der Waals surface area (Å²) in [6.07, 6.45) is 7.06. The highest BCUT2D eigenvalue weighted by molar-refractivity contribution is 7.15. The zero-order chi connectivity index (χ0) is 40.2. The number of hydrogen-bond acceptors (Lipinski definition) is 7. The first kappa shape index (κ1) is 38.2. The van der Waals surface area contributed by atoms with Crippen LogP contribution in [0.2, 0.25) is 0 Å². The molecule has 59 heavy (non-hydrogen) atoms. The molecule has 8 heteroatoms. The molecular formula is C51H56N6OS. The second-order valence-electron chi connectivity index (χ2n) is 17.7. The number of aromatic nitrogens is 3. The van der Waals surface area contributed by atoms with Crippen molar-refractivity contribution in [2.75, 3.05) is 37.6 Å². The van der Waals surface area contributed by atoms with Crippen molar-refractivity contribution in [3.05, 3.63) is 158 Å². The molecule has 10 rings (SSSR count). The number of anilines is 1. The summed E-state index contributed by atoms with van der Waals surface area (Å²) in [4.78, 5) is 11.9. The fraction of sp³-hybridized carbons (Fsp3) is 0.392. The fourth-order valence-electron chi connectivity index (χ4n) is 10.8. The average Bonchev–Trinajstić information content (AvgIpc) is 3.76. The van der Waals surface area contributed by atoms with E-state index in [4.69, 9.17) is 4.99 Å². The topological polar surface area (TPSA) is 69.8 Å². The third-order valence-electron chi connectivity index (χ3n) is 14.2. The molecule has 3 aliphatic heterocycles. The number of fused-ring (bicyclic) bond motifs is 4. The van der Waals surface area contributed by atoms with Crippen molar-refractivity contribution in [3.63, 3.8) is 0 Å². The van der Waals surface area contributed by atoms with E-state index in [1.807, 2.05) is 30.4 Å². The SMILES string of the molecule is Cc1sc2c(c1C)C(c1ccc(N3CCC(CN4CCC(c5ccc([C@@H]6c7ccc(O)cc7CC[C@@H]6c6ccccc6)cc5)CC4)CC3)cc1)=N[C@@H](C)c1nnc(C)n1-2. The highest BCUT2D eigenvalue weighted by Gasteiger charge is 2.33. The molecule has 5 heterocycles. The quantitative estimate of drug-likeness (QED) is 0.174. The predicted octanol–water partition coefficient (Wildman–Crippen LogP) is 10.8. The van der Waals surface area contributed by atoms with Gasteiger partial charge in [0.25, 0.3) is 0 Å². The zero-order valence-corrected chi connectivity index (χ0v) is 35.8. The number of aliphatic imine (C=N–C) groups is 1. The number of phenols is 1. The van der Waals surface area contributed by atoms with Crippen LogP contribution in [0.25, 0.3) is 5.00 Å². The maximum Gasteiger partial charge on any atom is 0.162 e. The van der Waals surface area contributed by atoms with Crippen molar-refractivity contribution in [1.82, 2.24) is 19.7 Å². The molecule has 1 aliphatic carbocycles. The number of aromatic hydroxyl groups is 1. The molecule has 2 fully saturated rings. The summed E-state index contributed by atoms with van der Waals surface area (Å²) in [5.74, 6) is 4.32. The molecule has 2 aromatic heterocycles. The molecule has 0 unspecified atom stereocenters. The highest BCUT2D eigenvalue weighted by Crippen LogP contribution is 2.47. The molecule has 302 valence electrons. The van der Waals surface area contributed by atoms with E-state index in [-0.39, 0.29) is 6.04 Å². The molecule has 0 saturated carbocycles. The largest absolute Gasteiger partial charge is 0.508 e. The van der Waals surface area contributed by atoms with Gasteiger partial charge in [0.05, 0.1) is 5.71 Å². The number of aryl methyl sites for hydroxylation is 3. The predicted molar refractivity (Wildman–Crippen MR) is 241 cm³/mol. The molecule has 6 aromatic rings. The lowest BCUT2D eigenvalue weighted by molar-refractivity contribution is 0.170. The Labute approximate surface area is 353 Å². The first-order valence-corrected chi connectivity index (χ1v) is 22.8. The average molecular weight is 801 g/mol. The zero-order valence-electron chi connectivity index (χ0n) is 34.9. The van der Waals surface area contributed by atoms with Gasteiger partial charge in [0.2, 0.25) is 0 Å². The van der Waals surface area contributed by atoms with Gasteiger partial charge in [0, 0.05) is 47.2 Å². The van der Waals surface area contributed by atoms with E-state index >= 15 is 0 Å². The second kappa shape index (κ2) is 15.9. The number of likely N-dealkylation sites (tertiary alicyclic amines) is 1. The summed E-state index contributed by atoms with van der Waals surface area (Å²) < 4.78 is 2.22. The van der Waals surface area contributed by atoms with Gasteiger partial charge < -0.3 is 14.9 Å². The second-order valence-corrected chi connectivity index (χ2v) is 18.9. The van der Waals surface area contributed by atoms with Gasteiger partial charge in [-0.3, -0.25) is 9.56 Å². The fourth-order valence-corrected chi connectivity index (χ4v) is 12.0. The van der Waals surface area contributed by atoms with Crippen LogP contribution in [-0.4, -0.2) is 63.2 Å². The van der Waals surface area contributed by atoms with Crippen LogP contribution in [0.3, 0.4) is 0 Å². The molecule has 1 N–H and O–H groups in total. The third-order valence-corrected chi connectivity index (χ3v) is 15.4. The standard InChI is InChI=1S/C51H56N6OS/c1-32-34(3)59-51-47(32)49(52-33(2)50-54-53-35(4)57(50)51)41-14-17-43(18-15-41)56-28-22-36(23-29-56)31-55-26-24-38(25-27-55)37-10-12-40(13-11-37)48-45(39-8-6-5-7-9-39)20-16-42-30-44(58)19-21-46(42)48/h5-15,17-19,21,30,33,36,38,45,48,58H,16,20,22-29,31H2,1-4H3/t33-,45+,48-/m0/s1. The summed E-state index contributed by atoms with van der Waals surface area (Å²) in [5.41, 5.74) is 13.0. The Kier molecular flexibility index (Phi) is 10.3. The van der Waals surface area contributed by atoms with Crippen LogP contribution in [0.1, 0.15) is 124 Å². The van der Waals surface area contributed by atoms with E-state index in [0.29, 0.717) is 23.5 Å². The van der Waals surface area contributed by atoms with Gasteiger partial charge in [-0.25, -0.2) is 0 Å². The van der Waals surface area contributed by atoms with Gasteiger partial charge >= 0.3 is 0 Å². The molecule has 0 spiro atoms. The normalized spacial score (nSPS) is 21.4. The van der Waals surface area contributed by atoms with E-state index in [1.54, 1.807) is 0 Å². The number of phenolic OH excluding ortho intramolecular Hbond substituents is 1. The van der Waals surface area contributed by atoms with E-state index in [9.17, 15) is 5.11 Å². The summed E-state index contributed by atoms with van der Waals surface area (Å²) in [6, 6.07) is 35.8. The third kappa shape index (κ3) is 7.22. The molecule has 0 bridgehead atoms. The summed E-state index contributed by atoms with van der Waals surface area (Å²) in [6.45, 7) is 14.4.